The summed E-state index contributed by atoms with van der Waals surface area (Å²) in [5, 5.41) is 3.90. The van der Waals surface area contributed by atoms with E-state index in [4.69, 9.17) is 0 Å². The predicted octanol–water partition coefficient (Wildman–Crippen LogP) is 4.48. The van der Waals surface area contributed by atoms with Gasteiger partial charge in [0.05, 0.1) is 0 Å². The molecule has 1 aromatic rings. The molecule has 0 aliphatic heterocycles. The minimum Gasteiger partial charge on any atom is -0.307 e. The van der Waals surface area contributed by atoms with Crippen molar-refractivity contribution in [3.8, 4) is 0 Å². The average molecular weight is 245 g/mol. The smallest absolute Gasteiger partial charge is 0.0325 e. The van der Waals surface area contributed by atoms with Gasteiger partial charge in [-0.15, -0.1) is 0 Å². The molecule has 1 N–H and O–H groups in total. The molecule has 100 valence electrons. The van der Waals surface area contributed by atoms with Crippen LogP contribution in [0.1, 0.15) is 63.6 Å². The number of hydrogen-bond donors (Lipinski definition) is 1. The largest absolute Gasteiger partial charge is 0.307 e. The van der Waals surface area contributed by atoms with Crippen molar-refractivity contribution >= 4 is 0 Å². The summed E-state index contributed by atoms with van der Waals surface area (Å²) >= 11 is 0. The van der Waals surface area contributed by atoms with Crippen LogP contribution < -0.4 is 5.32 Å². The Morgan fingerprint density at radius 1 is 1.22 bits per heavy atom. The molecule has 2 rings (SSSR count). The molecule has 1 heteroatoms. The van der Waals surface area contributed by atoms with E-state index in [0.29, 0.717) is 18.0 Å². The summed E-state index contributed by atoms with van der Waals surface area (Å²) in [7, 11) is 0. The first-order valence-electron chi connectivity index (χ1n) is 7.56. The zero-order valence-corrected chi connectivity index (χ0v) is 12.1. The summed E-state index contributed by atoms with van der Waals surface area (Å²) in [6.07, 6.45) is 6.46. The molecule has 1 aliphatic rings. The van der Waals surface area contributed by atoms with Crippen molar-refractivity contribution in [3.63, 3.8) is 0 Å². The van der Waals surface area contributed by atoms with Crippen molar-refractivity contribution in [1.82, 2.24) is 5.32 Å². The van der Waals surface area contributed by atoms with Gasteiger partial charge in [0, 0.05) is 12.1 Å². The van der Waals surface area contributed by atoms with E-state index in [0.717, 1.165) is 0 Å². The topological polar surface area (TPSA) is 12.0 Å². The number of nitrogens with one attached hydrogen (secondary N) is 1. The molecule has 0 bridgehead atoms. The van der Waals surface area contributed by atoms with Gasteiger partial charge in [0.2, 0.25) is 0 Å². The van der Waals surface area contributed by atoms with Crippen LogP contribution in [-0.2, 0) is 6.42 Å². The van der Waals surface area contributed by atoms with Crippen LogP contribution in [0.4, 0.5) is 0 Å². The van der Waals surface area contributed by atoms with Crippen LogP contribution >= 0.6 is 0 Å². The minimum absolute atomic E-state index is 0.566. The van der Waals surface area contributed by atoms with Crippen LogP contribution in [-0.4, -0.2) is 6.04 Å². The van der Waals surface area contributed by atoms with Crippen LogP contribution in [0.3, 0.4) is 0 Å². The van der Waals surface area contributed by atoms with Crippen LogP contribution in [0.15, 0.2) is 24.3 Å². The molecule has 1 aliphatic carbocycles. The van der Waals surface area contributed by atoms with Crippen LogP contribution in [0.25, 0.3) is 0 Å². The van der Waals surface area contributed by atoms with Gasteiger partial charge in [0.1, 0.15) is 0 Å². The standard InChI is InChI=1S/C17H27N/c1-4-16(13(2)3)18-17-12-8-6-10-14-9-5-7-11-15(14)17/h5,7,9,11,13,16-18H,4,6,8,10,12H2,1-3H3. The van der Waals surface area contributed by atoms with Crippen molar-refractivity contribution in [2.45, 2.75) is 65.0 Å². The highest BCUT2D eigenvalue weighted by atomic mass is 15.0. The maximum atomic E-state index is 3.90. The highest BCUT2D eigenvalue weighted by Crippen LogP contribution is 2.29. The van der Waals surface area contributed by atoms with Crippen molar-refractivity contribution in [2.24, 2.45) is 5.92 Å². The number of fused-ring (bicyclic) bond motifs is 1. The van der Waals surface area contributed by atoms with Crippen molar-refractivity contribution in [2.75, 3.05) is 0 Å². The molecule has 0 fully saturated rings. The number of aryl methyl sites for hydroxylation is 1. The molecule has 0 aromatic heterocycles. The van der Waals surface area contributed by atoms with E-state index in [1.807, 2.05) is 0 Å². The SMILES string of the molecule is CCC(NC1CCCCc2ccccc21)C(C)C. The van der Waals surface area contributed by atoms with Gasteiger partial charge < -0.3 is 5.32 Å². The van der Waals surface area contributed by atoms with Gasteiger partial charge >= 0.3 is 0 Å². The third kappa shape index (κ3) is 3.14. The summed E-state index contributed by atoms with van der Waals surface area (Å²) in [4.78, 5) is 0. The molecule has 0 saturated carbocycles. The Morgan fingerprint density at radius 2 is 2.00 bits per heavy atom. The molecule has 0 amide bonds. The fourth-order valence-electron chi connectivity index (χ4n) is 3.13. The second-order valence-electron chi connectivity index (χ2n) is 5.92. The zero-order valence-electron chi connectivity index (χ0n) is 12.1. The van der Waals surface area contributed by atoms with Crippen LogP contribution in [0, 0.1) is 5.92 Å². The lowest BCUT2D eigenvalue weighted by molar-refractivity contribution is 0.334. The highest BCUT2D eigenvalue weighted by molar-refractivity contribution is 5.31. The molecule has 0 spiro atoms. The van der Waals surface area contributed by atoms with Gasteiger partial charge in [-0.3, -0.25) is 0 Å². The third-order valence-electron chi connectivity index (χ3n) is 4.28. The Morgan fingerprint density at radius 3 is 2.72 bits per heavy atom. The van der Waals surface area contributed by atoms with E-state index in [2.05, 4.69) is 50.4 Å². The summed E-state index contributed by atoms with van der Waals surface area (Å²) in [6.45, 7) is 6.94. The Kier molecular flexibility index (Phi) is 4.82. The Hall–Kier alpha value is -0.820. The molecule has 0 radical (unpaired) electrons. The van der Waals surface area contributed by atoms with E-state index in [9.17, 15) is 0 Å². The van der Waals surface area contributed by atoms with Crippen molar-refractivity contribution < 1.29 is 0 Å². The van der Waals surface area contributed by atoms with E-state index in [1.54, 1.807) is 11.1 Å². The monoisotopic (exact) mass is 245 g/mol. The molecule has 1 aromatic carbocycles. The molecule has 0 heterocycles. The van der Waals surface area contributed by atoms with Gasteiger partial charge in [0.25, 0.3) is 0 Å². The molecule has 1 nitrogen and oxygen atoms in total. The van der Waals surface area contributed by atoms with E-state index < -0.39 is 0 Å². The molecular formula is C17H27N. The lowest BCUT2D eigenvalue weighted by Gasteiger charge is -2.28. The van der Waals surface area contributed by atoms with Crippen LogP contribution in [0.5, 0.6) is 0 Å². The van der Waals surface area contributed by atoms with Crippen molar-refractivity contribution in [3.05, 3.63) is 35.4 Å². The normalized spacial score (nSPS) is 21.4. The van der Waals surface area contributed by atoms with E-state index in [1.165, 1.54) is 32.1 Å². The third-order valence-corrected chi connectivity index (χ3v) is 4.28. The first kappa shape index (κ1) is 13.6. The molecule has 2 unspecified atom stereocenters. The van der Waals surface area contributed by atoms with Gasteiger partial charge in [0.15, 0.2) is 0 Å². The molecular weight excluding hydrogens is 218 g/mol. The maximum Gasteiger partial charge on any atom is 0.0325 e. The van der Waals surface area contributed by atoms with E-state index >= 15 is 0 Å². The quantitative estimate of drug-likeness (QED) is 0.771. The van der Waals surface area contributed by atoms with Crippen molar-refractivity contribution in [1.29, 1.82) is 0 Å². The molecule has 18 heavy (non-hydrogen) atoms. The fourth-order valence-corrected chi connectivity index (χ4v) is 3.13. The first-order chi connectivity index (χ1) is 8.72. The fraction of sp³-hybridized carbons (Fsp3) is 0.647. The van der Waals surface area contributed by atoms with Crippen LogP contribution in [0.2, 0.25) is 0 Å². The predicted molar refractivity (Wildman–Crippen MR) is 78.8 cm³/mol. The summed E-state index contributed by atoms with van der Waals surface area (Å²) in [5.74, 6) is 0.713. The summed E-state index contributed by atoms with van der Waals surface area (Å²) in [6, 6.07) is 10.2. The second-order valence-corrected chi connectivity index (χ2v) is 5.92. The Balaban J connectivity index is 2.17. The zero-order chi connectivity index (χ0) is 13.0. The maximum absolute atomic E-state index is 3.90. The van der Waals surface area contributed by atoms with Gasteiger partial charge in [-0.25, -0.2) is 0 Å². The molecule has 2 atom stereocenters. The Labute approximate surface area is 112 Å². The molecule has 0 saturated heterocycles. The van der Waals surface area contributed by atoms with Gasteiger partial charge in [-0.05, 0) is 42.7 Å². The lowest BCUT2D eigenvalue weighted by atomic mass is 9.95. The van der Waals surface area contributed by atoms with Gasteiger partial charge in [-0.2, -0.15) is 0 Å². The second kappa shape index (κ2) is 6.38. The number of rotatable bonds is 4. The summed E-state index contributed by atoms with van der Waals surface area (Å²) in [5.41, 5.74) is 3.11. The lowest BCUT2D eigenvalue weighted by Crippen LogP contribution is -2.36. The highest BCUT2D eigenvalue weighted by Gasteiger charge is 2.21. The first-order valence-corrected chi connectivity index (χ1v) is 7.56. The number of hydrogen-bond acceptors (Lipinski definition) is 1. The average Bonchev–Trinajstić information content (AvgIpc) is 2.58. The summed E-state index contributed by atoms with van der Waals surface area (Å²) < 4.78 is 0. The number of benzene rings is 1. The Bertz CT molecular complexity index is 370. The van der Waals surface area contributed by atoms with E-state index in [-0.39, 0.29) is 0 Å². The van der Waals surface area contributed by atoms with Gasteiger partial charge in [-0.1, -0.05) is 51.5 Å². The minimum atomic E-state index is 0.566.